The SMILES string of the molecule is CC.CCCCN1CCCCC1.CCCCN1CCS(=O)(=O)CC1.CCCC[N+]1=C(C)CC(=O)N1. The summed E-state index contributed by atoms with van der Waals surface area (Å²) in [7, 11) is -2.68. The van der Waals surface area contributed by atoms with E-state index in [2.05, 4.69) is 36.0 Å². The van der Waals surface area contributed by atoms with E-state index in [1.165, 1.54) is 71.0 Å². The molecule has 0 aromatic carbocycles. The molecule has 0 radical (unpaired) electrons. The highest BCUT2D eigenvalue weighted by Crippen LogP contribution is 2.09. The molecule has 1 amide bonds. The van der Waals surface area contributed by atoms with Gasteiger partial charge in [-0.2, -0.15) is 0 Å². The Hall–Kier alpha value is -0.990. The van der Waals surface area contributed by atoms with Crippen LogP contribution in [-0.4, -0.2) is 91.8 Å². The maximum Gasteiger partial charge on any atom is 0.284 e. The van der Waals surface area contributed by atoms with Crippen LogP contribution in [0.2, 0.25) is 0 Å². The lowest BCUT2D eigenvalue weighted by Crippen LogP contribution is -2.40. The van der Waals surface area contributed by atoms with Gasteiger partial charge < -0.3 is 9.80 Å². The van der Waals surface area contributed by atoms with Crippen LogP contribution in [0.1, 0.15) is 106 Å². The summed E-state index contributed by atoms with van der Waals surface area (Å²) in [5.74, 6) is 0.839. The Kier molecular flexibility index (Phi) is 20.5. The van der Waals surface area contributed by atoms with Crippen molar-refractivity contribution in [3.8, 4) is 0 Å². The molecule has 35 heavy (non-hydrogen) atoms. The van der Waals surface area contributed by atoms with E-state index in [4.69, 9.17) is 0 Å². The summed E-state index contributed by atoms with van der Waals surface area (Å²) >= 11 is 0. The van der Waals surface area contributed by atoms with E-state index in [0.717, 1.165) is 38.3 Å². The third kappa shape index (κ3) is 17.2. The molecule has 0 aliphatic carbocycles. The molecule has 208 valence electrons. The summed E-state index contributed by atoms with van der Waals surface area (Å²) in [6, 6.07) is 0. The maximum absolute atomic E-state index is 11.0. The fourth-order valence-electron chi connectivity index (χ4n) is 4.10. The van der Waals surface area contributed by atoms with E-state index in [1.54, 1.807) is 0 Å². The average Bonchev–Trinajstić information content (AvgIpc) is 3.20. The molecular formula is C27H57N4O3S+. The highest BCUT2D eigenvalue weighted by atomic mass is 32.2. The molecule has 8 heteroatoms. The van der Waals surface area contributed by atoms with Crippen LogP contribution in [0.5, 0.6) is 0 Å². The minimum atomic E-state index is -2.68. The zero-order valence-corrected chi connectivity index (χ0v) is 24.7. The molecule has 0 spiro atoms. The Morgan fingerprint density at radius 2 is 1.29 bits per heavy atom. The first-order chi connectivity index (χ1) is 16.8. The van der Waals surface area contributed by atoms with Crippen molar-refractivity contribution in [3.63, 3.8) is 0 Å². The second kappa shape index (κ2) is 21.1. The molecule has 3 heterocycles. The highest BCUT2D eigenvalue weighted by Gasteiger charge is 2.24. The highest BCUT2D eigenvalue weighted by molar-refractivity contribution is 7.91. The van der Waals surface area contributed by atoms with E-state index in [-0.39, 0.29) is 5.91 Å². The molecule has 7 nitrogen and oxygen atoms in total. The predicted octanol–water partition coefficient (Wildman–Crippen LogP) is 4.51. The van der Waals surface area contributed by atoms with Crippen LogP contribution in [0, 0.1) is 0 Å². The topological polar surface area (TPSA) is 72.7 Å². The van der Waals surface area contributed by atoms with Crippen LogP contribution in [0.15, 0.2) is 0 Å². The number of nitrogens with zero attached hydrogens (tertiary/aromatic N) is 3. The van der Waals surface area contributed by atoms with Gasteiger partial charge in [0.25, 0.3) is 5.91 Å². The van der Waals surface area contributed by atoms with Crippen molar-refractivity contribution < 1.29 is 17.9 Å². The largest absolute Gasteiger partial charge is 0.303 e. The Balaban J connectivity index is 0.000000480. The number of rotatable bonds is 9. The Labute approximate surface area is 217 Å². The van der Waals surface area contributed by atoms with Crippen molar-refractivity contribution in [2.75, 3.05) is 57.3 Å². The van der Waals surface area contributed by atoms with Gasteiger partial charge in [0.15, 0.2) is 22.1 Å². The molecule has 2 fully saturated rings. The number of hydrogen-bond donors (Lipinski definition) is 1. The summed E-state index contributed by atoms with van der Waals surface area (Å²) in [5.41, 5.74) is 3.94. The van der Waals surface area contributed by atoms with Crippen LogP contribution < -0.4 is 5.43 Å². The molecular weight excluding hydrogens is 460 g/mol. The summed E-state index contributed by atoms with van der Waals surface area (Å²) in [4.78, 5) is 15.7. The fourth-order valence-corrected chi connectivity index (χ4v) is 5.37. The third-order valence-corrected chi connectivity index (χ3v) is 8.02. The fraction of sp³-hybridized carbons (Fsp3) is 0.926. The zero-order valence-electron chi connectivity index (χ0n) is 23.9. The normalized spacial score (nSPS) is 20.0. The van der Waals surface area contributed by atoms with Gasteiger partial charge in [-0.05, 0) is 51.9 Å². The second-order valence-corrected chi connectivity index (χ2v) is 11.9. The lowest BCUT2D eigenvalue weighted by atomic mass is 10.1. The van der Waals surface area contributed by atoms with Gasteiger partial charge in [0.05, 0.1) is 11.5 Å². The number of hydrazone groups is 1. The minimum Gasteiger partial charge on any atom is -0.303 e. The molecule has 0 saturated carbocycles. The number of amides is 1. The Bertz CT molecular complexity index is 660. The molecule has 1 N–H and O–H groups in total. The van der Waals surface area contributed by atoms with E-state index < -0.39 is 9.84 Å². The van der Waals surface area contributed by atoms with Crippen LogP contribution in [-0.2, 0) is 14.6 Å². The number of unbranched alkanes of at least 4 members (excludes halogenated alkanes) is 3. The molecule has 0 atom stereocenters. The lowest BCUT2D eigenvalue weighted by molar-refractivity contribution is -0.569. The van der Waals surface area contributed by atoms with Gasteiger partial charge in [-0.25, -0.2) is 8.42 Å². The quantitative estimate of drug-likeness (QED) is 0.456. The van der Waals surface area contributed by atoms with Crippen LogP contribution in [0.25, 0.3) is 0 Å². The molecule has 3 aliphatic heterocycles. The zero-order chi connectivity index (χ0) is 26.5. The number of nitrogens with one attached hydrogen (secondary N) is 1. The minimum absolute atomic E-state index is 0.124. The smallest absolute Gasteiger partial charge is 0.284 e. The van der Waals surface area contributed by atoms with Gasteiger partial charge in [-0.15, -0.1) is 10.1 Å². The Morgan fingerprint density at radius 1 is 0.800 bits per heavy atom. The van der Waals surface area contributed by atoms with Gasteiger partial charge in [0.2, 0.25) is 0 Å². The number of hydrazine groups is 1. The molecule has 0 aromatic heterocycles. The van der Waals surface area contributed by atoms with Crippen molar-refractivity contribution >= 4 is 21.5 Å². The van der Waals surface area contributed by atoms with E-state index in [9.17, 15) is 13.2 Å². The first-order valence-electron chi connectivity index (χ1n) is 14.4. The predicted molar refractivity (Wildman–Crippen MR) is 150 cm³/mol. The molecule has 3 aliphatic rings. The van der Waals surface area contributed by atoms with Crippen LogP contribution in [0.4, 0.5) is 0 Å². The summed E-state index contributed by atoms with van der Waals surface area (Å²) in [6.07, 6.45) is 12.3. The standard InChI is InChI=1S/C9H19N.C8H14N2O.C8H17NO2S.C2H6/c1-2-3-7-10-8-5-4-6-9-10;1-3-4-5-10-7(2)6-8(11)9-10;1-2-3-4-9-5-7-12(10,11)8-6-9;1-2/h2-9H2,1H3;3-6H2,1-2H3;2-8H2,1H3;1-2H3/p+1. The first-order valence-corrected chi connectivity index (χ1v) is 16.2. The Morgan fingerprint density at radius 3 is 1.71 bits per heavy atom. The summed E-state index contributed by atoms with van der Waals surface area (Å²) in [5, 5.41) is 0. The number of carbonyl (C=O) groups is 1. The summed E-state index contributed by atoms with van der Waals surface area (Å²) in [6.45, 7) is 20.1. The molecule has 0 bridgehead atoms. The van der Waals surface area contributed by atoms with Crippen molar-refractivity contribution in [3.05, 3.63) is 0 Å². The number of piperidine rings is 1. The average molecular weight is 518 g/mol. The molecule has 3 rings (SSSR count). The number of likely N-dealkylation sites (tertiary alicyclic amines) is 1. The van der Waals surface area contributed by atoms with Crippen LogP contribution >= 0.6 is 0 Å². The van der Waals surface area contributed by atoms with E-state index >= 15 is 0 Å². The maximum atomic E-state index is 11.0. The van der Waals surface area contributed by atoms with Crippen molar-refractivity contribution in [2.24, 2.45) is 0 Å². The van der Waals surface area contributed by atoms with Gasteiger partial charge >= 0.3 is 0 Å². The van der Waals surface area contributed by atoms with Crippen molar-refractivity contribution in [1.82, 2.24) is 15.2 Å². The summed E-state index contributed by atoms with van der Waals surface area (Å²) < 4.78 is 24.0. The van der Waals surface area contributed by atoms with Crippen LogP contribution in [0.3, 0.4) is 0 Å². The second-order valence-electron chi connectivity index (χ2n) is 9.56. The monoisotopic (exact) mass is 517 g/mol. The molecule has 0 unspecified atom stereocenters. The van der Waals surface area contributed by atoms with Gasteiger partial charge in [0.1, 0.15) is 6.42 Å². The van der Waals surface area contributed by atoms with Gasteiger partial charge in [-0.1, -0.05) is 60.3 Å². The first kappa shape index (κ1) is 34.0. The van der Waals surface area contributed by atoms with Crippen molar-refractivity contribution in [2.45, 2.75) is 106 Å². The number of hydrogen-bond acceptors (Lipinski definition) is 5. The lowest BCUT2D eigenvalue weighted by Gasteiger charge is -2.26. The third-order valence-electron chi connectivity index (χ3n) is 6.41. The van der Waals surface area contributed by atoms with Gasteiger partial charge in [-0.3, -0.25) is 4.79 Å². The van der Waals surface area contributed by atoms with Crippen molar-refractivity contribution in [1.29, 1.82) is 0 Å². The van der Waals surface area contributed by atoms with E-state index in [0.29, 0.717) is 17.9 Å². The number of carbonyl (C=O) groups excluding carboxylic acids is 1. The number of sulfone groups is 1. The molecule has 2 saturated heterocycles. The van der Waals surface area contributed by atoms with E-state index in [1.807, 2.05) is 25.5 Å². The van der Waals surface area contributed by atoms with Gasteiger partial charge in [0, 0.05) is 26.4 Å². The molecule has 0 aromatic rings.